The van der Waals surface area contributed by atoms with Crippen LogP contribution >= 0.6 is 0 Å². The fraction of sp³-hybridized carbons (Fsp3) is 0.667. The molecule has 0 N–H and O–H groups in total. The second-order valence-electron chi connectivity index (χ2n) is 11.2. The summed E-state index contributed by atoms with van der Waals surface area (Å²) in [4.78, 5) is 18.9. The monoisotopic (exact) mass is 451 g/mol. The topological polar surface area (TPSA) is 56.1 Å². The number of hydroxylamine groups is 1. The normalized spacial score (nSPS) is 27.4. The van der Waals surface area contributed by atoms with Gasteiger partial charge < -0.3 is 4.57 Å². The average Bonchev–Trinajstić information content (AvgIpc) is 3.17. The summed E-state index contributed by atoms with van der Waals surface area (Å²) in [7, 11) is 3.62. The van der Waals surface area contributed by atoms with Crippen molar-refractivity contribution in [1.82, 2.24) is 19.5 Å². The molecule has 4 rings (SSSR count). The summed E-state index contributed by atoms with van der Waals surface area (Å²) >= 11 is 0. The van der Waals surface area contributed by atoms with E-state index in [2.05, 4.69) is 61.7 Å². The van der Waals surface area contributed by atoms with Crippen LogP contribution in [0.1, 0.15) is 73.1 Å². The fourth-order valence-corrected chi connectivity index (χ4v) is 6.09. The van der Waals surface area contributed by atoms with Gasteiger partial charge in [0.05, 0.1) is 20.0 Å². The number of nitrogens with zero attached hydrogens (tertiary/aromatic N) is 5. The molecule has 180 valence electrons. The van der Waals surface area contributed by atoms with Gasteiger partial charge in [0.2, 0.25) is 0 Å². The molecular formula is C27H41N5O. The van der Waals surface area contributed by atoms with E-state index in [9.17, 15) is 0 Å². The lowest BCUT2D eigenvalue weighted by Crippen LogP contribution is -2.43. The minimum atomic E-state index is 0.295. The van der Waals surface area contributed by atoms with Gasteiger partial charge in [0.25, 0.3) is 0 Å². The molecule has 1 saturated carbocycles. The highest BCUT2D eigenvalue weighted by Crippen LogP contribution is 2.58. The van der Waals surface area contributed by atoms with Crippen molar-refractivity contribution in [3.05, 3.63) is 36.0 Å². The van der Waals surface area contributed by atoms with Gasteiger partial charge in [0, 0.05) is 7.05 Å². The van der Waals surface area contributed by atoms with Crippen molar-refractivity contribution in [2.24, 2.45) is 29.7 Å². The van der Waals surface area contributed by atoms with E-state index in [0.29, 0.717) is 23.2 Å². The number of aromatic nitrogens is 4. The zero-order valence-corrected chi connectivity index (χ0v) is 21.6. The molecule has 3 atom stereocenters. The lowest BCUT2D eigenvalue weighted by molar-refractivity contribution is 0.0812. The van der Waals surface area contributed by atoms with Crippen LogP contribution in [0.3, 0.4) is 0 Å². The molecule has 2 aliphatic carbocycles. The van der Waals surface area contributed by atoms with Crippen LogP contribution in [0.15, 0.2) is 36.0 Å². The van der Waals surface area contributed by atoms with E-state index in [1.165, 1.54) is 37.7 Å². The molecule has 0 bridgehead atoms. The average molecular weight is 452 g/mol. The molecule has 0 aliphatic heterocycles. The number of hydrogen-bond donors (Lipinski definition) is 0. The van der Waals surface area contributed by atoms with Gasteiger partial charge in [0.15, 0.2) is 17.0 Å². The lowest BCUT2D eigenvalue weighted by Gasteiger charge is -2.53. The standard InChI is InChI=1S/C27H41N5O/c1-19(13-16-32(33-7)25-23-24(28-17-29-25)31(6)18-30-23)12-15-27(5)20(2)10-11-21-22(27)9-8-14-26(21,3)4/h9,13,17-18,20-21H,8,10-12,14-16H2,1-7H3/b19-13+/t20-,21+,27+/m1/s1. The molecule has 0 spiro atoms. The molecule has 6 heteroatoms. The first-order valence-corrected chi connectivity index (χ1v) is 12.5. The molecule has 2 heterocycles. The number of aryl methyl sites for hydroxylation is 1. The van der Waals surface area contributed by atoms with E-state index in [4.69, 9.17) is 4.84 Å². The quantitative estimate of drug-likeness (QED) is 0.367. The third kappa shape index (κ3) is 4.46. The number of imidazole rings is 1. The van der Waals surface area contributed by atoms with E-state index in [0.717, 1.165) is 29.4 Å². The Morgan fingerprint density at radius 2 is 2.03 bits per heavy atom. The summed E-state index contributed by atoms with van der Waals surface area (Å²) in [6.45, 7) is 12.9. The Balaban J connectivity index is 1.47. The molecule has 0 radical (unpaired) electrons. The van der Waals surface area contributed by atoms with Gasteiger partial charge in [-0.3, -0.25) is 4.84 Å². The second kappa shape index (κ2) is 9.21. The highest BCUT2D eigenvalue weighted by Gasteiger charge is 2.47. The van der Waals surface area contributed by atoms with Gasteiger partial charge in [0.1, 0.15) is 6.33 Å². The highest BCUT2D eigenvalue weighted by molar-refractivity contribution is 5.82. The minimum absolute atomic E-state index is 0.295. The Bertz CT molecular complexity index is 1050. The van der Waals surface area contributed by atoms with Crippen molar-refractivity contribution < 1.29 is 4.84 Å². The van der Waals surface area contributed by atoms with E-state index < -0.39 is 0 Å². The van der Waals surface area contributed by atoms with E-state index in [1.54, 1.807) is 30.4 Å². The highest BCUT2D eigenvalue weighted by atomic mass is 16.7. The number of allylic oxidation sites excluding steroid dienone is 3. The van der Waals surface area contributed by atoms with Crippen LogP contribution in [-0.4, -0.2) is 33.2 Å². The van der Waals surface area contributed by atoms with Crippen LogP contribution in [-0.2, 0) is 11.9 Å². The van der Waals surface area contributed by atoms with E-state index >= 15 is 0 Å². The SMILES string of the molecule is CON(C/C=C(\C)CC[C@]1(C)C2=CCCC(C)(C)[C@H]2CC[C@H]1C)c1ncnc2c1ncn2C. The molecular weight excluding hydrogens is 410 g/mol. The summed E-state index contributed by atoms with van der Waals surface area (Å²) < 4.78 is 1.90. The van der Waals surface area contributed by atoms with Gasteiger partial charge in [-0.15, -0.1) is 0 Å². The maximum Gasteiger partial charge on any atom is 0.184 e. The number of rotatable bonds is 7. The molecule has 2 aliphatic rings. The van der Waals surface area contributed by atoms with E-state index in [1.807, 2.05) is 11.6 Å². The molecule has 1 fully saturated rings. The number of hydrogen-bond acceptors (Lipinski definition) is 5. The third-order valence-corrected chi connectivity index (χ3v) is 8.69. The lowest BCUT2D eigenvalue weighted by atomic mass is 9.52. The van der Waals surface area contributed by atoms with Crippen LogP contribution in [0, 0.1) is 22.7 Å². The van der Waals surface area contributed by atoms with Gasteiger partial charge >= 0.3 is 0 Å². The number of anilines is 1. The zero-order valence-electron chi connectivity index (χ0n) is 21.6. The maximum absolute atomic E-state index is 5.67. The Morgan fingerprint density at radius 1 is 1.24 bits per heavy atom. The molecule has 2 aromatic rings. The number of fused-ring (bicyclic) bond motifs is 2. The van der Waals surface area contributed by atoms with Crippen LogP contribution in [0.25, 0.3) is 11.2 Å². The fourth-order valence-electron chi connectivity index (χ4n) is 6.09. The molecule has 6 nitrogen and oxygen atoms in total. The van der Waals surface area contributed by atoms with Crippen LogP contribution < -0.4 is 5.06 Å². The van der Waals surface area contributed by atoms with Crippen molar-refractivity contribution in [2.75, 3.05) is 18.7 Å². The van der Waals surface area contributed by atoms with Crippen LogP contribution in [0.4, 0.5) is 5.82 Å². The van der Waals surface area contributed by atoms with Gasteiger partial charge in [-0.25, -0.2) is 20.0 Å². The van der Waals surface area contributed by atoms with Gasteiger partial charge in [-0.2, -0.15) is 0 Å². The zero-order chi connectivity index (χ0) is 23.8. The van der Waals surface area contributed by atoms with Crippen molar-refractivity contribution in [3.8, 4) is 0 Å². The minimum Gasteiger partial charge on any atom is -0.318 e. The summed E-state index contributed by atoms with van der Waals surface area (Å²) in [5.74, 6) is 2.19. The second-order valence-corrected chi connectivity index (χ2v) is 11.2. The molecule has 0 unspecified atom stereocenters. The Morgan fingerprint density at radius 3 is 2.79 bits per heavy atom. The molecule has 0 amide bonds. The predicted molar refractivity (Wildman–Crippen MR) is 135 cm³/mol. The summed E-state index contributed by atoms with van der Waals surface area (Å²) in [6, 6.07) is 0. The first-order chi connectivity index (χ1) is 15.7. The summed E-state index contributed by atoms with van der Waals surface area (Å²) in [5.41, 5.74) is 5.44. The van der Waals surface area contributed by atoms with Crippen molar-refractivity contribution in [2.45, 2.75) is 73.1 Å². The van der Waals surface area contributed by atoms with Crippen molar-refractivity contribution in [1.29, 1.82) is 0 Å². The van der Waals surface area contributed by atoms with Crippen LogP contribution in [0.5, 0.6) is 0 Å². The largest absolute Gasteiger partial charge is 0.318 e. The van der Waals surface area contributed by atoms with Crippen molar-refractivity contribution >= 4 is 17.0 Å². The van der Waals surface area contributed by atoms with Crippen LogP contribution in [0.2, 0.25) is 0 Å². The molecule has 2 aromatic heterocycles. The maximum atomic E-state index is 5.67. The molecule has 0 aromatic carbocycles. The Labute approximate surface area is 199 Å². The third-order valence-electron chi connectivity index (χ3n) is 8.69. The summed E-state index contributed by atoms with van der Waals surface area (Å²) in [5, 5.41) is 1.80. The molecule has 0 saturated heterocycles. The van der Waals surface area contributed by atoms with Crippen molar-refractivity contribution in [3.63, 3.8) is 0 Å². The first-order valence-electron chi connectivity index (χ1n) is 12.5. The Hall–Kier alpha value is -2.21. The van der Waals surface area contributed by atoms with Gasteiger partial charge in [-0.05, 0) is 68.1 Å². The molecule has 33 heavy (non-hydrogen) atoms. The predicted octanol–water partition coefficient (Wildman–Crippen LogP) is 6.26. The van der Waals surface area contributed by atoms with Gasteiger partial charge in [-0.1, -0.05) is 51.0 Å². The first kappa shape index (κ1) is 23.9. The smallest absolute Gasteiger partial charge is 0.184 e. The Kier molecular flexibility index (Phi) is 6.68. The van der Waals surface area contributed by atoms with E-state index in [-0.39, 0.29) is 0 Å². The summed E-state index contributed by atoms with van der Waals surface area (Å²) in [6.07, 6.45) is 15.8.